The lowest BCUT2D eigenvalue weighted by molar-refractivity contribution is 0.956. The van der Waals surface area contributed by atoms with Crippen molar-refractivity contribution in [2.75, 3.05) is 0 Å². The molecule has 0 atom stereocenters. The number of rotatable bonds is 0. The van der Waals surface area contributed by atoms with Gasteiger partial charge in [-0.2, -0.15) is 0 Å². The topological polar surface area (TPSA) is 25.8 Å². The molecule has 1 aromatic carbocycles. The molecule has 1 aliphatic rings. The first kappa shape index (κ1) is 9.94. The molecular formula is C12H6N2S3. The normalized spacial score (nSPS) is 13.4. The van der Waals surface area contributed by atoms with Crippen LogP contribution in [0.25, 0.3) is 11.0 Å². The molecule has 2 nitrogen and oxygen atoms in total. The molecule has 0 saturated heterocycles. The van der Waals surface area contributed by atoms with Crippen LogP contribution in [0.2, 0.25) is 0 Å². The molecule has 0 spiro atoms. The van der Waals surface area contributed by atoms with Gasteiger partial charge >= 0.3 is 0 Å². The van der Waals surface area contributed by atoms with Gasteiger partial charge in [0.15, 0.2) is 0 Å². The molecule has 4 rings (SSSR count). The maximum Gasteiger partial charge on any atom is 0.134 e. The minimum absolute atomic E-state index is 0.970. The van der Waals surface area contributed by atoms with Crippen molar-refractivity contribution < 1.29 is 0 Å². The van der Waals surface area contributed by atoms with E-state index in [0.717, 1.165) is 21.1 Å². The second-order valence-electron chi connectivity index (χ2n) is 3.63. The van der Waals surface area contributed by atoms with Gasteiger partial charge in [0.2, 0.25) is 0 Å². The zero-order valence-electron chi connectivity index (χ0n) is 8.58. The lowest BCUT2D eigenvalue weighted by atomic mass is 10.3. The zero-order valence-corrected chi connectivity index (χ0v) is 11.0. The van der Waals surface area contributed by atoms with Gasteiger partial charge in [0.1, 0.15) is 10.1 Å². The molecule has 2 aromatic heterocycles. The summed E-state index contributed by atoms with van der Waals surface area (Å²) in [5.41, 5.74) is 1.94. The average Bonchev–Trinajstić information content (AvgIpc) is 2.80. The summed E-state index contributed by atoms with van der Waals surface area (Å²) in [6.07, 6.45) is 0. The summed E-state index contributed by atoms with van der Waals surface area (Å²) < 4.78 is 0. The molecule has 0 amide bonds. The highest BCUT2D eigenvalue weighted by Crippen LogP contribution is 2.48. The molecule has 3 heterocycles. The number of aromatic nitrogens is 2. The van der Waals surface area contributed by atoms with Crippen LogP contribution >= 0.6 is 34.9 Å². The number of nitrogens with zero attached hydrogens (tertiary/aromatic N) is 2. The Hall–Kier alpha value is -1.04. The lowest BCUT2D eigenvalue weighted by Crippen LogP contribution is -1.95. The Kier molecular flexibility index (Phi) is 2.18. The van der Waals surface area contributed by atoms with Gasteiger partial charge in [0, 0.05) is 20.6 Å². The van der Waals surface area contributed by atoms with E-state index in [9.17, 15) is 0 Å². The minimum atomic E-state index is 0.970. The largest absolute Gasteiger partial charge is 0.237 e. The van der Waals surface area contributed by atoms with Crippen LogP contribution in [0.1, 0.15) is 0 Å². The molecule has 0 bridgehead atoms. The molecule has 5 heteroatoms. The summed E-state index contributed by atoms with van der Waals surface area (Å²) in [5, 5.41) is 6.40. The van der Waals surface area contributed by atoms with Gasteiger partial charge in [-0.25, -0.2) is 9.97 Å². The van der Waals surface area contributed by atoms with Crippen molar-refractivity contribution >= 4 is 45.9 Å². The third-order valence-corrected chi connectivity index (χ3v) is 5.89. The van der Waals surface area contributed by atoms with E-state index >= 15 is 0 Å². The van der Waals surface area contributed by atoms with E-state index in [0.29, 0.717) is 0 Å². The van der Waals surface area contributed by atoms with Crippen molar-refractivity contribution in [2.45, 2.75) is 19.8 Å². The number of thiophene rings is 1. The maximum absolute atomic E-state index is 4.68. The molecule has 0 saturated carbocycles. The standard InChI is InChI=1S/C12H6N2S3/c1-2-4-8-7(3-1)13-11-12(14-8)17-10-6-15-5-9(10)16-11/h1-6H. The molecule has 17 heavy (non-hydrogen) atoms. The van der Waals surface area contributed by atoms with E-state index in [2.05, 4.69) is 20.7 Å². The molecule has 1 aliphatic heterocycles. The summed E-state index contributed by atoms with van der Waals surface area (Å²) in [6, 6.07) is 8.02. The van der Waals surface area contributed by atoms with Gasteiger partial charge < -0.3 is 0 Å². The molecule has 0 radical (unpaired) electrons. The Morgan fingerprint density at radius 1 is 0.765 bits per heavy atom. The first-order valence-electron chi connectivity index (χ1n) is 5.09. The Labute approximate surface area is 110 Å². The van der Waals surface area contributed by atoms with Crippen molar-refractivity contribution in [3.8, 4) is 0 Å². The third-order valence-electron chi connectivity index (χ3n) is 2.51. The summed E-state index contributed by atoms with van der Waals surface area (Å²) in [7, 11) is 0. The van der Waals surface area contributed by atoms with E-state index in [1.165, 1.54) is 9.79 Å². The van der Waals surface area contributed by atoms with Crippen molar-refractivity contribution in [3.63, 3.8) is 0 Å². The van der Waals surface area contributed by atoms with Crippen molar-refractivity contribution in [1.29, 1.82) is 0 Å². The zero-order chi connectivity index (χ0) is 11.2. The van der Waals surface area contributed by atoms with Crippen molar-refractivity contribution in [3.05, 3.63) is 35.0 Å². The summed E-state index contributed by atoms with van der Waals surface area (Å²) in [6.45, 7) is 0. The van der Waals surface area contributed by atoms with Crippen LogP contribution in [-0.2, 0) is 0 Å². The second-order valence-corrected chi connectivity index (χ2v) is 6.43. The van der Waals surface area contributed by atoms with Gasteiger partial charge in [-0.3, -0.25) is 0 Å². The fourth-order valence-electron chi connectivity index (χ4n) is 1.73. The van der Waals surface area contributed by atoms with Gasteiger partial charge in [-0.15, -0.1) is 11.3 Å². The van der Waals surface area contributed by atoms with E-state index in [4.69, 9.17) is 0 Å². The minimum Gasteiger partial charge on any atom is -0.237 e. The smallest absolute Gasteiger partial charge is 0.134 e. The Bertz CT molecular complexity index is 662. The quantitative estimate of drug-likeness (QED) is 0.477. The van der Waals surface area contributed by atoms with Crippen LogP contribution in [-0.4, -0.2) is 9.97 Å². The van der Waals surface area contributed by atoms with Gasteiger partial charge in [-0.1, -0.05) is 35.7 Å². The molecule has 0 N–H and O–H groups in total. The maximum atomic E-state index is 4.68. The van der Waals surface area contributed by atoms with E-state index in [1.54, 1.807) is 34.9 Å². The predicted octanol–water partition coefficient (Wildman–Crippen LogP) is 4.31. The van der Waals surface area contributed by atoms with E-state index < -0.39 is 0 Å². The van der Waals surface area contributed by atoms with Crippen molar-refractivity contribution in [1.82, 2.24) is 9.97 Å². The van der Waals surface area contributed by atoms with Crippen LogP contribution in [0, 0.1) is 0 Å². The Balaban J connectivity index is 1.95. The first-order valence-corrected chi connectivity index (χ1v) is 7.66. The van der Waals surface area contributed by atoms with Crippen LogP contribution < -0.4 is 0 Å². The highest BCUT2D eigenvalue weighted by molar-refractivity contribution is 8.05. The molecule has 82 valence electrons. The highest BCUT2D eigenvalue weighted by atomic mass is 32.2. The van der Waals surface area contributed by atoms with Crippen LogP contribution in [0.4, 0.5) is 0 Å². The second kappa shape index (κ2) is 3.73. The Morgan fingerprint density at radius 2 is 1.29 bits per heavy atom. The monoisotopic (exact) mass is 274 g/mol. The van der Waals surface area contributed by atoms with Crippen LogP contribution in [0.3, 0.4) is 0 Å². The molecule has 0 aliphatic carbocycles. The summed E-state index contributed by atoms with van der Waals surface area (Å²) >= 11 is 5.17. The van der Waals surface area contributed by atoms with Crippen LogP contribution in [0.5, 0.6) is 0 Å². The van der Waals surface area contributed by atoms with Gasteiger partial charge in [0.25, 0.3) is 0 Å². The fraction of sp³-hybridized carbons (Fsp3) is 0. The molecular weight excluding hydrogens is 268 g/mol. The number of fused-ring (bicyclic) bond motifs is 3. The summed E-state index contributed by atoms with van der Waals surface area (Å²) in [5.74, 6) is 0. The molecule has 0 unspecified atom stereocenters. The van der Waals surface area contributed by atoms with E-state index in [-0.39, 0.29) is 0 Å². The SMILES string of the molecule is c1ccc2nc3c(nc2c1)Sc1cscc1S3. The predicted molar refractivity (Wildman–Crippen MR) is 72.1 cm³/mol. The number of hydrogen-bond acceptors (Lipinski definition) is 5. The third kappa shape index (κ3) is 1.57. The van der Waals surface area contributed by atoms with Gasteiger partial charge in [0.05, 0.1) is 11.0 Å². The number of para-hydroxylation sites is 2. The first-order chi connectivity index (χ1) is 8.40. The van der Waals surface area contributed by atoms with Crippen LogP contribution in [0.15, 0.2) is 54.9 Å². The molecule has 0 fully saturated rings. The number of hydrogen-bond donors (Lipinski definition) is 0. The van der Waals surface area contributed by atoms with E-state index in [1.807, 2.05) is 24.3 Å². The fourth-order valence-corrected chi connectivity index (χ4v) is 4.96. The van der Waals surface area contributed by atoms with Gasteiger partial charge in [-0.05, 0) is 12.1 Å². The Morgan fingerprint density at radius 3 is 1.82 bits per heavy atom. The molecule has 3 aromatic rings. The lowest BCUT2D eigenvalue weighted by Gasteiger charge is -2.13. The highest BCUT2D eigenvalue weighted by Gasteiger charge is 2.20. The average molecular weight is 274 g/mol. The van der Waals surface area contributed by atoms with Crippen molar-refractivity contribution in [2.24, 2.45) is 0 Å². The number of benzene rings is 1. The summed E-state index contributed by atoms with van der Waals surface area (Å²) in [4.78, 5) is 12.0.